The van der Waals surface area contributed by atoms with E-state index in [-0.39, 0.29) is 11.7 Å². The van der Waals surface area contributed by atoms with E-state index in [1.54, 1.807) is 28.9 Å². The summed E-state index contributed by atoms with van der Waals surface area (Å²) in [5, 5.41) is 8.74. The predicted octanol–water partition coefficient (Wildman–Crippen LogP) is 4.47. The second kappa shape index (κ2) is 5.84. The summed E-state index contributed by atoms with van der Waals surface area (Å²) in [6, 6.07) is 13.4. The fourth-order valence-electron chi connectivity index (χ4n) is 2.12. The van der Waals surface area contributed by atoms with Gasteiger partial charge in [0.2, 0.25) is 0 Å². The number of hydrogen-bond donors (Lipinski definition) is 0. The first-order chi connectivity index (χ1) is 10.2. The lowest BCUT2D eigenvalue weighted by molar-refractivity contribution is 0.625. The number of halogens is 3. The highest BCUT2D eigenvalue weighted by Gasteiger charge is 2.16. The van der Waals surface area contributed by atoms with Gasteiger partial charge >= 0.3 is 0 Å². The molecule has 0 radical (unpaired) electrons. The Labute approximate surface area is 130 Å². The molecule has 6 heteroatoms. The van der Waals surface area contributed by atoms with Crippen LogP contribution < -0.4 is 0 Å². The molecule has 0 saturated carbocycles. The third kappa shape index (κ3) is 2.77. The molecule has 0 N–H and O–H groups in total. The molecule has 0 saturated heterocycles. The van der Waals surface area contributed by atoms with E-state index in [4.69, 9.17) is 23.2 Å². The third-order valence-corrected chi connectivity index (χ3v) is 3.51. The summed E-state index contributed by atoms with van der Waals surface area (Å²) in [5.41, 5.74) is 2.72. The van der Waals surface area contributed by atoms with Crippen molar-refractivity contribution in [3.8, 4) is 16.9 Å². The van der Waals surface area contributed by atoms with Gasteiger partial charge in [-0.1, -0.05) is 35.0 Å². The first-order valence-electron chi connectivity index (χ1n) is 6.21. The maximum atomic E-state index is 13.4. The van der Waals surface area contributed by atoms with Crippen LogP contribution in [0, 0.1) is 5.82 Å². The first kappa shape index (κ1) is 14.0. The van der Waals surface area contributed by atoms with Gasteiger partial charge in [0, 0.05) is 10.6 Å². The van der Waals surface area contributed by atoms with E-state index in [9.17, 15) is 4.39 Å². The highest BCUT2D eigenvalue weighted by molar-refractivity contribution is 6.30. The van der Waals surface area contributed by atoms with Gasteiger partial charge in [0.1, 0.15) is 11.5 Å². The van der Waals surface area contributed by atoms with E-state index in [1.807, 2.05) is 12.1 Å². The summed E-state index contributed by atoms with van der Waals surface area (Å²) in [6.45, 7) is 0. The van der Waals surface area contributed by atoms with Crippen LogP contribution in [0.2, 0.25) is 5.02 Å². The Morgan fingerprint density at radius 3 is 2.62 bits per heavy atom. The van der Waals surface area contributed by atoms with Crippen LogP contribution in [0.3, 0.4) is 0 Å². The van der Waals surface area contributed by atoms with Crippen molar-refractivity contribution in [1.82, 2.24) is 15.0 Å². The fraction of sp³-hybridized carbons (Fsp3) is 0.0667. The zero-order chi connectivity index (χ0) is 14.8. The topological polar surface area (TPSA) is 30.7 Å². The van der Waals surface area contributed by atoms with Crippen molar-refractivity contribution in [2.45, 2.75) is 5.88 Å². The van der Waals surface area contributed by atoms with Gasteiger partial charge in [-0.25, -0.2) is 9.07 Å². The minimum absolute atomic E-state index is 0.206. The van der Waals surface area contributed by atoms with Crippen molar-refractivity contribution in [3.63, 3.8) is 0 Å². The Bertz CT molecular complexity index is 786. The van der Waals surface area contributed by atoms with Gasteiger partial charge in [0.25, 0.3) is 0 Å². The second-order valence-electron chi connectivity index (χ2n) is 4.42. The number of alkyl halides is 1. The van der Waals surface area contributed by atoms with Gasteiger partial charge in [-0.15, -0.1) is 16.7 Å². The molecular weight excluding hydrogens is 312 g/mol. The van der Waals surface area contributed by atoms with Crippen LogP contribution in [0.5, 0.6) is 0 Å². The maximum Gasteiger partial charge on any atom is 0.125 e. The highest BCUT2D eigenvalue weighted by Crippen LogP contribution is 2.28. The molecule has 2 aromatic carbocycles. The molecule has 21 heavy (non-hydrogen) atoms. The van der Waals surface area contributed by atoms with Crippen molar-refractivity contribution in [2.75, 3.05) is 0 Å². The Balaban J connectivity index is 2.21. The molecule has 0 fully saturated rings. The molecule has 0 amide bonds. The average molecular weight is 322 g/mol. The first-order valence-corrected chi connectivity index (χ1v) is 7.12. The van der Waals surface area contributed by atoms with E-state index >= 15 is 0 Å². The average Bonchev–Trinajstić information content (AvgIpc) is 2.91. The normalized spacial score (nSPS) is 10.8. The zero-order valence-corrected chi connectivity index (χ0v) is 12.3. The Kier molecular flexibility index (Phi) is 3.90. The van der Waals surface area contributed by atoms with Crippen LogP contribution in [-0.4, -0.2) is 15.0 Å². The number of benzene rings is 2. The molecule has 3 aromatic rings. The molecule has 0 unspecified atom stereocenters. The quantitative estimate of drug-likeness (QED) is 0.666. The predicted molar refractivity (Wildman–Crippen MR) is 81.3 cm³/mol. The minimum Gasteiger partial charge on any atom is -0.212 e. The van der Waals surface area contributed by atoms with E-state index in [0.29, 0.717) is 22.1 Å². The van der Waals surface area contributed by atoms with Crippen molar-refractivity contribution in [2.24, 2.45) is 0 Å². The van der Waals surface area contributed by atoms with E-state index in [2.05, 4.69) is 10.3 Å². The van der Waals surface area contributed by atoms with Crippen LogP contribution in [0.25, 0.3) is 16.9 Å². The highest BCUT2D eigenvalue weighted by atomic mass is 35.5. The second-order valence-corrected chi connectivity index (χ2v) is 5.12. The lowest BCUT2D eigenvalue weighted by Crippen LogP contribution is -2.00. The third-order valence-electron chi connectivity index (χ3n) is 3.02. The van der Waals surface area contributed by atoms with E-state index < -0.39 is 0 Å². The van der Waals surface area contributed by atoms with E-state index in [0.717, 1.165) is 5.56 Å². The number of aromatic nitrogens is 3. The molecule has 0 bridgehead atoms. The summed E-state index contributed by atoms with van der Waals surface area (Å²) < 4.78 is 15.0. The smallest absolute Gasteiger partial charge is 0.125 e. The molecule has 0 atom stereocenters. The van der Waals surface area contributed by atoms with Gasteiger partial charge in [0.05, 0.1) is 17.3 Å². The van der Waals surface area contributed by atoms with Gasteiger partial charge in [-0.2, -0.15) is 0 Å². The molecule has 3 rings (SSSR count). The summed E-state index contributed by atoms with van der Waals surface area (Å²) >= 11 is 12.0. The molecule has 0 spiro atoms. The summed E-state index contributed by atoms with van der Waals surface area (Å²) in [6.07, 6.45) is 0. The van der Waals surface area contributed by atoms with Crippen LogP contribution >= 0.6 is 23.2 Å². The molecule has 1 aromatic heterocycles. The summed E-state index contributed by atoms with van der Waals surface area (Å²) in [4.78, 5) is 0. The lowest BCUT2D eigenvalue weighted by Gasteiger charge is -2.08. The van der Waals surface area contributed by atoms with Crippen molar-refractivity contribution in [1.29, 1.82) is 0 Å². The molecule has 0 aliphatic rings. The summed E-state index contributed by atoms with van der Waals surface area (Å²) in [5.74, 6) is -0.135. The fourth-order valence-corrected chi connectivity index (χ4v) is 2.49. The monoisotopic (exact) mass is 321 g/mol. The number of nitrogens with zero attached hydrogens (tertiary/aromatic N) is 3. The van der Waals surface area contributed by atoms with Gasteiger partial charge in [-0.05, 0) is 30.3 Å². The van der Waals surface area contributed by atoms with Gasteiger partial charge < -0.3 is 0 Å². The summed E-state index contributed by atoms with van der Waals surface area (Å²) in [7, 11) is 0. The van der Waals surface area contributed by atoms with Crippen molar-refractivity contribution >= 4 is 23.2 Å². The van der Waals surface area contributed by atoms with Crippen molar-refractivity contribution < 1.29 is 4.39 Å². The SMILES string of the molecule is Fc1cccc(-n2nnc(CCl)c2-c2cccc(Cl)c2)c1. The minimum atomic E-state index is -0.340. The Morgan fingerprint density at radius 2 is 1.90 bits per heavy atom. The van der Waals surface area contributed by atoms with Crippen LogP contribution in [0.15, 0.2) is 48.5 Å². The number of rotatable bonds is 3. The number of hydrogen-bond acceptors (Lipinski definition) is 2. The maximum absolute atomic E-state index is 13.4. The molecule has 3 nitrogen and oxygen atoms in total. The zero-order valence-electron chi connectivity index (χ0n) is 10.8. The molecular formula is C15H10Cl2FN3. The molecule has 0 aliphatic carbocycles. The van der Waals surface area contributed by atoms with Crippen molar-refractivity contribution in [3.05, 3.63) is 65.1 Å². The molecule has 1 heterocycles. The standard InChI is InChI=1S/C15H10Cl2FN3/c16-9-14-15(10-3-1-4-11(17)7-10)21(20-19-14)13-6-2-5-12(18)8-13/h1-8H,9H2. The van der Waals surface area contributed by atoms with Crippen LogP contribution in [0.4, 0.5) is 4.39 Å². The Hall–Kier alpha value is -1.91. The van der Waals surface area contributed by atoms with E-state index in [1.165, 1.54) is 12.1 Å². The van der Waals surface area contributed by atoms with Gasteiger partial charge in [0.15, 0.2) is 0 Å². The molecule has 0 aliphatic heterocycles. The Morgan fingerprint density at radius 1 is 1.10 bits per heavy atom. The van der Waals surface area contributed by atoms with Crippen LogP contribution in [-0.2, 0) is 5.88 Å². The van der Waals surface area contributed by atoms with Crippen LogP contribution in [0.1, 0.15) is 5.69 Å². The molecule has 106 valence electrons. The van der Waals surface area contributed by atoms with Gasteiger partial charge in [-0.3, -0.25) is 0 Å². The largest absolute Gasteiger partial charge is 0.212 e. The lowest BCUT2D eigenvalue weighted by atomic mass is 10.1.